The number of carbonyl (C=O) groups is 1. The van der Waals surface area contributed by atoms with Gasteiger partial charge < -0.3 is 5.11 Å². The molecule has 0 bridgehead atoms. The van der Waals surface area contributed by atoms with E-state index in [1.807, 2.05) is 6.42 Å². The normalized spacial score (nSPS) is 19.4. The first-order chi connectivity index (χ1) is 3.29. The molecule has 0 saturated heterocycles. The molecule has 0 aromatic rings. The molecule has 1 aliphatic carbocycles. The highest BCUT2D eigenvalue weighted by molar-refractivity contribution is 5.67. The molecule has 0 aromatic heterocycles. The molecule has 1 fully saturated rings. The maximum Gasteiger partial charge on any atom is 0.303 e. The first kappa shape index (κ1) is 4.62. The number of carboxylic acids is 1. The quantitative estimate of drug-likeness (QED) is 0.552. The fraction of sp³-hybridized carbons (Fsp3) is 0.600. The summed E-state index contributed by atoms with van der Waals surface area (Å²) < 4.78 is 0. The van der Waals surface area contributed by atoms with Crippen LogP contribution in [0.1, 0.15) is 12.8 Å². The molecule has 2 heteroatoms. The van der Waals surface area contributed by atoms with Gasteiger partial charge in [-0.1, -0.05) is 0 Å². The van der Waals surface area contributed by atoms with Gasteiger partial charge in [-0.05, 0) is 18.8 Å². The molecule has 39 valence electrons. The molecule has 0 amide bonds. The number of hydrogen-bond acceptors (Lipinski definition) is 1. The summed E-state index contributed by atoms with van der Waals surface area (Å²) in [5.41, 5.74) is 0. The van der Waals surface area contributed by atoms with Crippen LogP contribution in [0.25, 0.3) is 0 Å². The molecular formula is C5H7O2. The third kappa shape index (κ3) is 1.57. The Bertz CT molecular complexity index is 84.1. The summed E-state index contributed by atoms with van der Waals surface area (Å²) in [5.74, 6) is -0.281. The largest absolute Gasteiger partial charge is 0.481 e. The molecule has 1 aliphatic rings. The summed E-state index contributed by atoms with van der Waals surface area (Å²) in [4.78, 5) is 9.83. The molecule has 0 spiro atoms. The first-order valence-corrected chi connectivity index (χ1v) is 2.34. The monoisotopic (exact) mass is 99.0 g/mol. The predicted octanol–water partition coefficient (Wildman–Crippen LogP) is 0.685. The van der Waals surface area contributed by atoms with Crippen LogP contribution in [0.2, 0.25) is 0 Å². The lowest BCUT2D eigenvalue weighted by Crippen LogP contribution is -1.93. The van der Waals surface area contributed by atoms with Crippen LogP contribution in [0.4, 0.5) is 0 Å². The molecule has 0 aliphatic heterocycles. The van der Waals surface area contributed by atoms with E-state index in [2.05, 4.69) is 0 Å². The van der Waals surface area contributed by atoms with Crippen molar-refractivity contribution >= 4 is 5.97 Å². The van der Waals surface area contributed by atoms with Crippen molar-refractivity contribution in [3.05, 3.63) is 6.42 Å². The van der Waals surface area contributed by atoms with E-state index in [9.17, 15) is 4.79 Å². The maximum atomic E-state index is 9.83. The van der Waals surface area contributed by atoms with Crippen molar-refractivity contribution < 1.29 is 9.90 Å². The van der Waals surface area contributed by atoms with E-state index < -0.39 is 5.97 Å². The first-order valence-electron chi connectivity index (χ1n) is 2.34. The zero-order chi connectivity index (χ0) is 5.28. The number of rotatable bonds is 2. The minimum atomic E-state index is -0.682. The van der Waals surface area contributed by atoms with Gasteiger partial charge in [0.2, 0.25) is 0 Å². The fourth-order valence-electron chi connectivity index (χ4n) is 0.487. The Morgan fingerprint density at radius 2 is 2.57 bits per heavy atom. The Labute approximate surface area is 42.1 Å². The second kappa shape index (κ2) is 1.52. The van der Waals surface area contributed by atoms with E-state index in [0.29, 0.717) is 12.3 Å². The van der Waals surface area contributed by atoms with Crippen LogP contribution in [0.3, 0.4) is 0 Å². The average Bonchev–Trinajstić information content (AvgIpc) is 2.17. The highest BCUT2D eigenvalue weighted by Gasteiger charge is 2.24. The van der Waals surface area contributed by atoms with E-state index in [-0.39, 0.29) is 0 Å². The van der Waals surface area contributed by atoms with E-state index in [4.69, 9.17) is 5.11 Å². The Kier molecular flexibility index (Phi) is 1.01. The Balaban J connectivity index is 2.08. The van der Waals surface area contributed by atoms with Crippen molar-refractivity contribution in [2.24, 2.45) is 5.92 Å². The van der Waals surface area contributed by atoms with Crippen molar-refractivity contribution in [1.82, 2.24) is 0 Å². The molecule has 1 radical (unpaired) electrons. The van der Waals surface area contributed by atoms with Crippen molar-refractivity contribution in [3.8, 4) is 0 Å². The van der Waals surface area contributed by atoms with Gasteiger partial charge >= 0.3 is 5.97 Å². The molecule has 7 heavy (non-hydrogen) atoms. The van der Waals surface area contributed by atoms with E-state index in [1.165, 1.54) is 0 Å². The fourth-order valence-corrected chi connectivity index (χ4v) is 0.487. The van der Waals surface area contributed by atoms with Gasteiger partial charge in [-0.2, -0.15) is 0 Å². The summed E-state index contributed by atoms with van der Waals surface area (Å²) in [6, 6.07) is 0. The van der Waals surface area contributed by atoms with Crippen LogP contribution in [-0.2, 0) is 4.79 Å². The zero-order valence-corrected chi connectivity index (χ0v) is 3.92. The van der Waals surface area contributed by atoms with Crippen molar-refractivity contribution in [2.45, 2.75) is 12.8 Å². The molecule has 1 N–H and O–H groups in total. The highest BCUT2D eigenvalue weighted by atomic mass is 16.4. The van der Waals surface area contributed by atoms with E-state index in [0.717, 1.165) is 6.42 Å². The average molecular weight is 99.1 g/mol. The maximum absolute atomic E-state index is 9.83. The van der Waals surface area contributed by atoms with Crippen LogP contribution in [0.5, 0.6) is 0 Å². The molecule has 1 unspecified atom stereocenters. The van der Waals surface area contributed by atoms with Crippen LogP contribution >= 0.6 is 0 Å². The highest BCUT2D eigenvalue weighted by Crippen LogP contribution is 2.30. The van der Waals surface area contributed by atoms with Crippen molar-refractivity contribution in [2.75, 3.05) is 0 Å². The number of hydrogen-bond donors (Lipinski definition) is 1. The molecular weight excluding hydrogens is 92.1 g/mol. The topological polar surface area (TPSA) is 37.3 Å². The summed E-state index contributed by atoms with van der Waals surface area (Å²) >= 11 is 0. The van der Waals surface area contributed by atoms with Crippen molar-refractivity contribution in [3.63, 3.8) is 0 Å². The molecule has 1 rings (SSSR count). The summed E-state index contributed by atoms with van der Waals surface area (Å²) in [6.07, 6.45) is 3.35. The predicted molar refractivity (Wildman–Crippen MR) is 24.7 cm³/mol. The van der Waals surface area contributed by atoms with Gasteiger partial charge in [0.05, 0.1) is 0 Å². The second-order valence-corrected chi connectivity index (χ2v) is 1.83. The second-order valence-electron chi connectivity index (χ2n) is 1.83. The summed E-state index contributed by atoms with van der Waals surface area (Å²) in [7, 11) is 0. The van der Waals surface area contributed by atoms with E-state index in [1.54, 1.807) is 0 Å². The molecule has 2 nitrogen and oxygen atoms in total. The van der Waals surface area contributed by atoms with E-state index >= 15 is 0 Å². The Hall–Kier alpha value is -0.530. The molecule has 1 atom stereocenters. The van der Waals surface area contributed by atoms with Crippen LogP contribution in [0.15, 0.2) is 0 Å². The smallest absolute Gasteiger partial charge is 0.303 e. The summed E-state index contributed by atoms with van der Waals surface area (Å²) in [6.45, 7) is 0. The lowest BCUT2D eigenvalue weighted by Gasteiger charge is -1.82. The van der Waals surface area contributed by atoms with Crippen LogP contribution in [0, 0.1) is 12.3 Å². The minimum absolute atomic E-state index is 0.333. The zero-order valence-electron chi connectivity index (χ0n) is 3.92. The van der Waals surface area contributed by atoms with Crippen LogP contribution in [-0.4, -0.2) is 11.1 Å². The third-order valence-electron chi connectivity index (χ3n) is 1.01. The van der Waals surface area contributed by atoms with Gasteiger partial charge in [0.25, 0.3) is 0 Å². The van der Waals surface area contributed by atoms with Gasteiger partial charge in [0.15, 0.2) is 0 Å². The van der Waals surface area contributed by atoms with Gasteiger partial charge in [-0.15, -0.1) is 0 Å². The van der Waals surface area contributed by atoms with Gasteiger partial charge in [-0.3, -0.25) is 4.79 Å². The Morgan fingerprint density at radius 1 is 2.00 bits per heavy atom. The Morgan fingerprint density at radius 3 is 2.71 bits per heavy atom. The van der Waals surface area contributed by atoms with Crippen molar-refractivity contribution in [1.29, 1.82) is 0 Å². The van der Waals surface area contributed by atoms with Gasteiger partial charge in [-0.25, -0.2) is 0 Å². The number of carboxylic acid groups (broad SMARTS) is 1. The van der Waals surface area contributed by atoms with Gasteiger partial charge in [0.1, 0.15) is 0 Å². The molecule has 1 saturated carbocycles. The number of aliphatic carboxylic acids is 1. The lowest BCUT2D eigenvalue weighted by molar-refractivity contribution is -0.137. The molecule has 0 heterocycles. The van der Waals surface area contributed by atoms with Crippen LogP contribution < -0.4 is 0 Å². The van der Waals surface area contributed by atoms with Gasteiger partial charge in [0, 0.05) is 6.42 Å². The summed E-state index contributed by atoms with van der Waals surface area (Å²) in [5, 5.41) is 8.10. The third-order valence-corrected chi connectivity index (χ3v) is 1.01. The lowest BCUT2D eigenvalue weighted by atomic mass is 10.3. The molecule has 0 aromatic carbocycles. The SMILES string of the molecule is O=C(O)CC1[CH]C1. The minimum Gasteiger partial charge on any atom is -0.481 e. The standard InChI is InChI=1S/C5H7O2/c6-5(7)3-4-1-2-4/h1,4H,2-3H2,(H,6,7).